The molecule has 4 nitrogen and oxygen atoms in total. The van der Waals surface area contributed by atoms with Crippen LogP contribution in [-0.2, 0) is 19.5 Å². The Balaban J connectivity index is 1.78. The molecule has 4 rings (SSSR count). The molecule has 0 aliphatic heterocycles. The monoisotopic (exact) mass is 448 g/mol. The quantitative estimate of drug-likeness (QED) is 0.375. The molecular formula is C27H26F2N2O2. The lowest BCUT2D eigenvalue weighted by Crippen LogP contribution is -2.24. The van der Waals surface area contributed by atoms with Crippen LogP contribution in [0.2, 0.25) is 0 Å². The number of aromatic nitrogens is 1. The van der Waals surface area contributed by atoms with Crippen LogP contribution in [0.4, 0.5) is 8.78 Å². The minimum atomic E-state index is -0.691. The fourth-order valence-electron chi connectivity index (χ4n) is 4.18. The number of phenols is 1. The molecule has 0 saturated heterocycles. The molecule has 2 N–H and O–H groups in total. The van der Waals surface area contributed by atoms with E-state index in [1.807, 2.05) is 36.4 Å². The fraction of sp³-hybridized carbons (Fsp3) is 0.222. The molecule has 1 heterocycles. The van der Waals surface area contributed by atoms with Crippen LogP contribution >= 0.6 is 0 Å². The van der Waals surface area contributed by atoms with E-state index in [-0.39, 0.29) is 24.1 Å². The highest BCUT2D eigenvalue weighted by atomic mass is 19.1. The summed E-state index contributed by atoms with van der Waals surface area (Å²) >= 11 is 0. The van der Waals surface area contributed by atoms with Crippen LogP contribution in [0.3, 0.4) is 0 Å². The number of halogens is 2. The Labute approximate surface area is 191 Å². The van der Waals surface area contributed by atoms with E-state index in [9.17, 15) is 18.7 Å². The predicted molar refractivity (Wildman–Crippen MR) is 125 cm³/mol. The Morgan fingerprint density at radius 1 is 0.970 bits per heavy atom. The first-order chi connectivity index (χ1) is 15.8. The minimum absolute atomic E-state index is 0.0151. The maximum atomic E-state index is 13.6. The van der Waals surface area contributed by atoms with Gasteiger partial charge < -0.3 is 15.0 Å². The van der Waals surface area contributed by atoms with Gasteiger partial charge in [-0.05, 0) is 53.8 Å². The standard InChI is InChI=1S/C27H26F2N2O2/c1-17(2)10-25-26(27(33)30-15-19-11-20(28)13-21(29)12-19)23-14-22(32)8-9-24(23)31(25)16-18-6-4-3-5-7-18/h3-9,11-14,17,32H,10,15-16H2,1-2H3,(H,30,33). The molecule has 3 aromatic carbocycles. The predicted octanol–water partition coefficient (Wildman–Crippen LogP) is 5.80. The van der Waals surface area contributed by atoms with Crippen molar-refractivity contribution in [3.63, 3.8) is 0 Å². The van der Waals surface area contributed by atoms with Gasteiger partial charge in [-0.25, -0.2) is 8.78 Å². The van der Waals surface area contributed by atoms with Crippen molar-refractivity contribution in [2.45, 2.75) is 33.4 Å². The molecule has 0 spiro atoms. The van der Waals surface area contributed by atoms with Crippen LogP contribution in [0.25, 0.3) is 10.9 Å². The second-order valence-electron chi connectivity index (χ2n) is 8.65. The lowest BCUT2D eigenvalue weighted by Gasteiger charge is -2.15. The zero-order chi connectivity index (χ0) is 23.5. The average Bonchev–Trinajstić information content (AvgIpc) is 3.03. The van der Waals surface area contributed by atoms with Gasteiger partial charge in [0.15, 0.2) is 0 Å². The van der Waals surface area contributed by atoms with Crippen LogP contribution in [0, 0.1) is 17.6 Å². The van der Waals surface area contributed by atoms with Crippen molar-refractivity contribution < 1.29 is 18.7 Å². The van der Waals surface area contributed by atoms with Gasteiger partial charge in [-0.3, -0.25) is 4.79 Å². The number of hydrogen-bond donors (Lipinski definition) is 2. The van der Waals surface area contributed by atoms with Crippen molar-refractivity contribution in [1.82, 2.24) is 9.88 Å². The molecule has 0 unspecified atom stereocenters. The molecule has 0 bridgehead atoms. The summed E-state index contributed by atoms with van der Waals surface area (Å²) in [7, 11) is 0. The summed E-state index contributed by atoms with van der Waals surface area (Å²) in [6.07, 6.45) is 0.652. The van der Waals surface area contributed by atoms with Gasteiger partial charge in [-0.1, -0.05) is 44.2 Å². The summed E-state index contributed by atoms with van der Waals surface area (Å²) in [6.45, 7) is 4.73. The first kappa shape index (κ1) is 22.5. The highest BCUT2D eigenvalue weighted by Crippen LogP contribution is 2.32. The maximum absolute atomic E-state index is 13.6. The summed E-state index contributed by atoms with van der Waals surface area (Å²) in [6, 6.07) is 18.2. The van der Waals surface area contributed by atoms with Crippen LogP contribution in [0.15, 0.2) is 66.7 Å². The molecule has 0 aliphatic rings. The molecule has 33 heavy (non-hydrogen) atoms. The van der Waals surface area contributed by atoms with E-state index in [2.05, 4.69) is 23.7 Å². The van der Waals surface area contributed by atoms with Crippen LogP contribution in [0.5, 0.6) is 5.75 Å². The number of nitrogens with zero attached hydrogens (tertiary/aromatic N) is 1. The molecule has 6 heteroatoms. The fourth-order valence-corrected chi connectivity index (χ4v) is 4.18. The third kappa shape index (κ3) is 5.06. The van der Waals surface area contributed by atoms with Crippen molar-refractivity contribution >= 4 is 16.8 Å². The molecule has 170 valence electrons. The second kappa shape index (κ2) is 9.45. The average molecular weight is 449 g/mol. The van der Waals surface area contributed by atoms with E-state index in [1.54, 1.807) is 12.1 Å². The minimum Gasteiger partial charge on any atom is -0.508 e. The van der Waals surface area contributed by atoms with E-state index < -0.39 is 11.6 Å². The lowest BCUT2D eigenvalue weighted by molar-refractivity contribution is 0.0951. The van der Waals surface area contributed by atoms with Gasteiger partial charge in [-0.15, -0.1) is 0 Å². The van der Waals surface area contributed by atoms with Crippen LogP contribution in [-0.4, -0.2) is 15.6 Å². The van der Waals surface area contributed by atoms with Crippen LogP contribution < -0.4 is 5.32 Å². The van der Waals surface area contributed by atoms with Crippen molar-refractivity contribution in [1.29, 1.82) is 0 Å². The van der Waals surface area contributed by atoms with Gasteiger partial charge in [0.1, 0.15) is 17.4 Å². The number of phenolic OH excluding ortho intramolecular Hbond substituents is 1. The zero-order valence-electron chi connectivity index (χ0n) is 18.6. The third-order valence-corrected chi connectivity index (χ3v) is 5.54. The Morgan fingerprint density at radius 2 is 1.67 bits per heavy atom. The number of aromatic hydroxyl groups is 1. The SMILES string of the molecule is CC(C)Cc1c(C(=O)NCc2cc(F)cc(F)c2)c2cc(O)ccc2n1Cc1ccccc1. The Bertz CT molecular complexity index is 1280. The molecule has 0 radical (unpaired) electrons. The Kier molecular flexibility index (Phi) is 6.45. The van der Waals surface area contributed by atoms with E-state index in [4.69, 9.17) is 0 Å². The van der Waals surface area contributed by atoms with Gasteiger partial charge in [0, 0.05) is 35.8 Å². The molecule has 0 fully saturated rings. The summed E-state index contributed by atoms with van der Waals surface area (Å²) in [5, 5.41) is 13.6. The van der Waals surface area contributed by atoms with Gasteiger partial charge in [0.2, 0.25) is 0 Å². The number of fused-ring (bicyclic) bond motifs is 1. The number of rotatable bonds is 7. The number of amides is 1. The second-order valence-corrected chi connectivity index (χ2v) is 8.65. The molecule has 0 atom stereocenters. The molecule has 0 aliphatic carbocycles. The lowest BCUT2D eigenvalue weighted by atomic mass is 10.0. The highest BCUT2D eigenvalue weighted by molar-refractivity contribution is 6.09. The van der Waals surface area contributed by atoms with E-state index in [0.29, 0.717) is 29.5 Å². The number of hydrogen-bond acceptors (Lipinski definition) is 2. The summed E-state index contributed by atoms with van der Waals surface area (Å²) in [5.74, 6) is -1.39. The first-order valence-electron chi connectivity index (χ1n) is 10.9. The summed E-state index contributed by atoms with van der Waals surface area (Å²) in [4.78, 5) is 13.4. The number of carbonyl (C=O) groups excluding carboxylic acids is 1. The normalized spacial score (nSPS) is 11.3. The van der Waals surface area contributed by atoms with Crippen molar-refractivity contribution in [3.8, 4) is 5.75 Å². The van der Waals surface area contributed by atoms with E-state index >= 15 is 0 Å². The van der Waals surface area contributed by atoms with E-state index in [0.717, 1.165) is 22.8 Å². The largest absolute Gasteiger partial charge is 0.508 e. The Morgan fingerprint density at radius 3 is 2.33 bits per heavy atom. The highest BCUT2D eigenvalue weighted by Gasteiger charge is 2.23. The van der Waals surface area contributed by atoms with Gasteiger partial charge in [0.25, 0.3) is 5.91 Å². The van der Waals surface area contributed by atoms with Crippen LogP contribution in [0.1, 0.15) is 41.0 Å². The molecule has 1 aromatic heterocycles. The summed E-state index contributed by atoms with van der Waals surface area (Å²) in [5.41, 5.74) is 3.60. The van der Waals surface area contributed by atoms with Crippen molar-refractivity contribution in [3.05, 3.63) is 101 Å². The van der Waals surface area contributed by atoms with Crippen molar-refractivity contribution in [2.24, 2.45) is 5.92 Å². The third-order valence-electron chi connectivity index (χ3n) is 5.54. The van der Waals surface area contributed by atoms with Crippen molar-refractivity contribution in [2.75, 3.05) is 0 Å². The first-order valence-corrected chi connectivity index (χ1v) is 10.9. The number of carbonyl (C=O) groups is 1. The molecule has 1 amide bonds. The smallest absolute Gasteiger partial charge is 0.254 e. The van der Waals surface area contributed by atoms with Gasteiger partial charge >= 0.3 is 0 Å². The van der Waals surface area contributed by atoms with Gasteiger partial charge in [-0.2, -0.15) is 0 Å². The molecule has 4 aromatic rings. The number of benzene rings is 3. The topological polar surface area (TPSA) is 54.3 Å². The molecular weight excluding hydrogens is 422 g/mol. The zero-order valence-corrected chi connectivity index (χ0v) is 18.6. The van der Waals surface area contributed by atoms with Gasteiger partial charge in [0.05, 0.1) is 5.56 Å². The maximum Gasteiger partial charge on any atom is 0.254 e. The molecule has 0 saturated carbocycles. The number of nitrogens with one attached hydrogen (secondary N) is 1. The Hall–Kier alpha value is -3.67. The van der Waals surface area contributed by atoms with E-state index in [1.165, 1.54) is 12.1 Å². The summed E-state index contributed by atoms with van der Waals surface area (Å²) < 4.78 is 29.2.